The minimum Gasteiger partial charge on any atom is -0.325 e. The molecule has 0 bridgehead atoms. The van der Waals surface area contributed by atoms with Crippen molar-refractivity contribution in [3.05, 3.63) is 28.8 Å². The van der Waals surface area contributed by atoms with E-state index in [1.807, 2.05) is 25.1 Å². The topological polar surface area (TPSA) is 41.1 Å². The van der Waals surface area contributed by atoms with Gasteiger partial charge >= 0.3 is 0 Å². The zero-order valence-corrected chi connectivity index (χ0v) is 11.9. The maximum atomic E-state index is 11.8. The van der Waals surface area contributed by atoms with E-state index in [9.17, 15) is 4.79 Å². The average molecular weight is 289 g/mol. The van der Waals surface area contributed by atoms with Crippen LogP contribution in [0.4, 0.5) is 5.69 Å². The van der Waals surface area contributed by atoms with Gasteiger partial charge in [-0.15, -0.1) is 12.4 Å². The standard InChI is InChI=1S/C13H17ClN2O.ClH/c1-9-2-3-11(14)12(6-9)16-13(17)7-10-4-5-15-8-10;/h2-3,6,10,15H,4-5,7-8H2,1H3,(H,16,17);1H. The highest BCUT2D eigenvalue weighted by molar-refractivity contribution is 6.33. The first-order chi connectivity index (χ1) is 8.15. The minimum atomic E-state index is 0. The lowest BCUT2D eigenvalue weighted by molar-refractivity contribution is -0.116. The summed E-state index contributed by atoms with van der Waals surface area (Å²) in [6.07, 6.45) is 1.65. The Labute approximate surface area is 119 Å². The summed E-state index contributed by atoms with van der Waals surface area (Å²) in [6.45, 7) is 3.94. The number of anilines is 1. The van der Waals surface area contributed by atoms with Gasteiger partial charge < -0.3 is 10.6 Å². The lowest BCUT2D eigenvalue weighted by Gasteiger charge is -2.10. The van der Waals surface area contributed by atoms with Crippen molar-refractivity contribution in [3.63, 3.8) is 0 Å². The highest BCUT2D eigenvalue weighted by atomic mass is 35.5. The molecular weight excluding hydrogens is 271 g/mol. The quantitative estimate of drug-likeness (QED) is 0.898. The van der Waals surface area contributed by atoms with E-state index in [-0.39, 0.29) is 18.3 Å². The first kappa shape index (κ1) is 15.3. The Balaban J connectivity index is 0.00000162. The Kier molecular flexibility index (Phi) is 5.93. The van der Waals surface area contributed by atoms with Crippen LogP contribution in [0.3, 0.4) is 0 Å². The van der Waals surface area contributed by atoms with Gasteiger partial charge in [0.1, 0.15) is 0 Å². The lowest BCUT2D eigenvalue weighted by Crippen LogP contribution is -2.18. The number of hydrogen-bond acceptors (Lipinski definition) is 2. The van der Waals surface area contributed by atoms with Gasteiger partial charge in [-0.2, -0.15) is 0 Å². The van der Waals surface area contributed by atoms with E-state index in [1.54, 1.807) is 0 Å². The third-order valence-electron chi connectivity index (χ3n) is 3.03. The van der Waals surface area contributed by atoms with Crippen molar-refractivity contribution >= 4 is 35.6 Å². The molecule has 2 rings (SSSR count). The van der Waals surface area contributed by atoms with Crippen LogP contribution in [0.5, 0.6) is 0 Å². The SMILES string of the molecule is Cc1ccc(Cl)c(NC(=O)CC2CCNC2)c1.Cl. The number of aryl methyl sites for hydroxylation is 1. The largest absolute Gasteiger partial charge is 0.325 e. The second-order valence-corrected chi connectivity index (χ2v) is 5.00. The molecule has 1 fully saturated rings. The molecule has 3 nitrogen and oxygen atoms in total. The number of rotatable bonds is 3. The van der Waals surface area contributed by atoms with E-state index in [2.05, 4.69) is 10.6 Å². The molecule has 1 unspecified atom stereocenters. The second kappa shape index (κ2) is 6.98. The molecular formula is C13H18Cl2N2O. The average Bonchev–Trinajstić information content (AvgIpc) is 2.76. The minimum absolute atomic E-state index is 0. The van der Waals surface area contributed by atoms with Gasteiger partial charge in [0.25, 0.3) is 0 Å². The smallest absolute Gasteiger partial charge is 0.224 e. The molecule has 2 N–H and O–H groups in total. The van der Waals surface area contributed by atoms with Gasteiger partial charge in [0, 0.05) is 6.42 Å². The van der Waals surface area contributed by atoms with Crippen molar-refractivity contribution in [2.45, 2.75) is 19.8 Å². The van der Waals surface area contributed by atoms with E-state index in [0.29, 0.717) is 23.0 Å². The van der Waals surface area contributed by atoms with E-state index in [4.69, 9.17) is 11.6 Å². The van der Waals surface area contributed by atoms with Crippen LogP contribution in [0.2, 0.25) is 5.02 Å². The summed E-state index contributed by atoms with van der Waals surface area (Å²) in [4.78, 5) is 11.8. The van der Waals surface area contributed by atoms with Crippen molar-refractivity contribution < 1.29 is 4.79 Å². The normalized spacial score (nSPS) is 18.2. The van der Waals surface area contributed by atoms with Gasteiger partial charge in [-0.25, -0.2) is 0 Å². The number of carbonyl (C=O) groups is 1. The van der Waals surface area contributed by atoms with E-state index < -0.39 is 0 Å². The van der Waals surface area contributed by atoms with Crippen LogP contribution in [-0.2, 0) is 4.79 Å². The molecule has 0 aliphatic carbocycles. The van der Waals surface area contributed by atoms with Crippen molar-refractivity contribution in [1.82, 2.24) is 5.32 Å². The van der Waals surface area contributed by atoms with Gasteiger partial charge in [-0.05, 0) is 50.0 Å². The number of carbonyl (C=O) groups excluding carboxylic acids is 1. The Morgan fingerprint density at radius 2 is 2.33 bits per heavy atom. The van der Waals surface area contributed by atoms with Crippen molar-refractivity contribution in [3.8, 4) is 0 Å². The van der Waals surface area contributed by atoms with E-state index >= 15 is 0 Å². The summed E-state index contributed by atoms with van der Waals surface area (Å²) in [5, 5.41) is 6.73. The Hall–Kier alpha value is -0.770. The Bertz CT molecular complexity index is 417. The molecule has 100 valence electrons. The molecule has 1 amide bonds. The summed E-state index contributed by atoms with van der Waals surface area (Å²) < 4.78 is 0. The van der Waals surface area contributed by atoms with Crippen LogP contribution in [0.15, 0.2) is 18.2 Å². The highest BCUT2D eigenvalue weighted by Crippen LogP contribution is 2.23. The third-order valence-corrected chi connectivity index (χ3v) is 3.36. The fraction of sp³-hybridized carbons (Fsp3) is 0.462. The third kappa shape index (κ3) is 4.16. The molecule has 18 heavy (non-hydrogen) atoms. The molecule has 0 aromatic heterocycles. The summed E-state index contributed by atoms with van der Waals surface area (Å²) in [7, 11) is 0. The van der Waals surface area contributed by atoms with E-state index in [0.717, 1.165) is 25.1 Å². The zero-order chi connectivity index (χ0) is 12.3. The molecule has 1 aliphatic rings. The molecule has 1 heterocycles. The zero-order valence-electron chi connectivity index (χ0n) is 10.3. The van der Waals surface area contributed by atoms with E-state index in [1.165, 1.54) is 0 Å². The molecule has 1 aromatic carbocycles. The predicted molar refractivity (Wildman–Crippen MR) is 77.7 cm³/mol. The second-order valence-electron chi connectivity index (χ2n) is 4.59. The number of amides is 1. The predicted octanol–water partition coefficient (Wildman–Crippen LogP) is 3.01. The number of hydrogen-bond donors (Lipinski definition) is 2. The van der Waals surface area contributed by atoms with Crippen molar-refractivity contribution in [2.75, 3.05) is 18.4 Å². The summed E-state index contributed by atoms with van der Waals surface area (Å²) in [5.41, 5.74) is 1.80. The molecule has 0 saturated carbocycles. The lowest BCUT2D eigenvalue weighted by atomic mass is 10.0. The van der Waals surface area contributed by atoms with Gasteiger partial charge in [-0.3, -0.25) is 4.79 Å². The van der Waals surface area contributed by atoms with Gasteiger partial charge in [0.2, 0.25) is 5.91 Å². The fourth-order valence-corrected chi connectivity index (χ4v) is 2.25. The van der Waals surface area contributed by atoms with Gasteiger partial charge in [0.05, 0.1) is 10.7 Å². The molecule has 5 heteroatoms. The summed E-state index contributed by atoms with van der Waals surface area (Å²) in [6, 6.07) is 5.63. The Morgan fingerprint density at radius 3 is 3.00 bits per heavy atom. The van der Waals surface area contributed by atoms with Crippen LogP contribution < -0.4 is 10.6 Å². The molecule has 1 saturated heterocycles. The maximum absolute atomic E-state index is 11.8. The number of nitrogens with one attached hydrogen (secondary N) is 2. The van der Waals surface area contributed by atoms with Crippen LogP contribution in [-0.4, -0.2) is 19.0 Å². The number of halogens is 2. The Morgan fingerprint density at radius 1 is 1.56 bits per heavy atom. The molecule has 0 spiro atoms. The van der Waals surface area contributed by atoms with Crippen molar-refractivity contribution in [1.29, 1.82) is 0 Å². The summed E-state index contributed by atoms with van der Waals surface area (Å²) >= 11 is 6.03. The molecule has 1 aromatic rings. The molecule has 1 atom stereocenters. The molecule has 0 radical (unpaired) electrons. The monoisotopic (exact) mass is 288 g/mol. The summed E-state index contributed by atoms with van der Waals surface area (Å²) in [5.74, 6) is 0.504. The first-order valence-corrected chi connectivity index (χ1v) is 6.29. The molecule has 1 aliphatic heterocycles. The first-order valence-electron chi connectivity index (χ1n) is 5.92. The van der Waals surface area contributed by atoms with Gasteiger partial charge in [-0.1, -0.05) is 17.7 Å². The highest BCUT2D eigenvalue weighted by Gasteiger charge is 2.18. The van der Waals surface area contributed by atoms with Gasteiger partial charge in [0.15, 0.2) is 0 Å². The van der Waals surface area contributed by atoms with Crippen LogP contribution in [0.25, 0.3) is 0 Å². The fourth-order valence-electron chi connectivity index (χ4n) is 2.09. The van der Waals surface area contributed by atoms with Crippen molar-refractivity contribution in [2.24, 2.45) is 5.92 Å². The number of benzene rings is 1. The van der Waals surface area contributed by atoms with Crippen LogP contribution >= 0.6 is 24.0 Å². The van der Waals surface area contributed by atoms with Crippen LogP contribution in [0.1, 0.15) is 18.4 Å². The van der Waals surface area contributed by atoms with Crippen LogP contribution in [0, 0.1) is 12.8 Å². The maximum Gasteiger partial charge on any atom is 0.224 e.